The first-order valence-electron chi connectivity index (χ1n) is 6.47. The van der Waals surface area contributed by atoms with E-state index in [2.05, 4.69) is 5.16 Å². The van der Waals surface area contributed by atoms with E-state index in [0.29, 0.717) is 37.4 Å². The van der Waals surface area contributed by atoms with Crippen molar-refractivity contribution in [1.82, 2.24) is 10.1 Å². The number of aromatic nitrogens is 1. The molecule has 0 bridgehead atoms. The molecule has 6 nitrogen and oxygen atoms in total. The van der Waals surface area contributed by atoms with Crippen LogP contribution in [0.4, 0.5) is 0 Å². The summed E-state index contributed by atoms with van der Waals surface area (Å²) in [5.41, 5.74) is 0.303. The van der Waals surface area contributed by atoms with Gasteiger partial charge in [-0.3, -0.25) is 9.59 Å². The quantitative estimate of drug-likeness (QED) is 0.900. The minimum absolute atomic E-state index is 0.181. The van der Waals surface area contributed by atoms with Crippen LogP contribution in [-0.4, -0.2) is 40.1 Å². The maximum atomic E-state index is 12.2. The molecule has 0 aliphatic carbocycles. The zero-order chi connectivity index (χ0) is 14.0. The van der Waals surface area contributed by atoms with Crippen LogP contribution < -0.4 is 0 Å². The van der Waals surface area contributed by atoms with Gasteiger partial charge in [0.05, 0.1) is 5.92 Å². The van der Waals surface area contributed by atoms with Crippen LogP contribution in [0.15, 0.2) is 10.6 Å². The summed E-state index contributed by atoms with van der Waals surface area (Å²) in [6.07, 6.45) is 0.992. The van der Waals surface area contributed by atoms with Gasteiger partial charge < -0.3 is 14.5 Å². The molecular weight excluding hydrogens is 248 g/mol. The lowest BCUT2D eigenvalue weighted by Gasteiger charge is -2.29. The minimum Gasteiger partial charge on any atom is -0.481 e. The maximum absolute atomic E-state index is 12.2. The van der Waals surface area contributed by atoms with Gasteiger partial charge in [-0.15, -0.1) is 0 Å². The Morgan fingerprint density at radius 2 is 2.05 bits per heavy atom. The van der Waals surface area contributed by atoms with E-state index in [1.54, 1.807) is 11.0 Å². The molecule has 0 radical (unpaired) electrons. The second-order valence-corrected chi connectivity index (χ2v) is 5.17. The van der Waals surface area contributed by atoms with Crippen LogP contribution in [0.25, 0.3) is 0 Å². The Bertz CT molecular complexity index is 473. The van der Waals surface area contributed by atoms with Gasteiger partial charge in [0, 0.05) is 25.1 Å². The van der Waals surface area contributed by atoms with E-state index >= 15 is 0 Å². The molecule has 6 heteroatoms. The van der Waals surface area contributed by atoms with Crippen LogP contribution >= 0.6 is 0 Å². The molecule has 1 saturated heterocycles. The third-order valence-corrected chi connectivity index (χ3v) is 3.45. The van der Waals surface area contributed by atoms with Crippen LogP contribution in [0, 0.1) is 5.92 Å². The minimum atomic E-state index is -0.782. The zero-order valence-corrected chi connectivity index (χ0v) is 11.1. The molecule has 0 saturated carbocycles. The molecule has 1 aliphatic rings. The van der Waals surface area contributed by atoms with E-state index in [1.165, 1.54) is 0 Å². The number of aliphatic carboxylic acids is 1. The number of carboxylic acid groups (broad SMARTS) is 1. The Morgan fingerprint density at radius 1 is 1.42 bits per heavy atom. The number of rotatable bonds is 3. The first-order chi connectivity index (χ1) is 8.99. The summed E-state index contributed by atoms with van der Waals surface area (Å²) in [6.45, 7) is 4.85. The van der Waals surface area contributed by atoms with Crippen molar-refractivity contribution in [3.8, 4) is 0 Å². The summed E-state index contributed by atoms with van der Waals surface area (Å²) in [5.74, 6) is -0.432. The van der Waals surface area contributed by atoms with Crippen LogP contribution in [0.1, 0.15) is 48.9 Å². The smallest absolute Gasteiger partial charge is 0.306 e. The van der Waals surface area contributed by atoms with E-state index in [0.717, 1.165) is 0 Å². The van der Waals surface area contributed by atoms with Crippen molar-refractivity contribution in [1.29, 1.82) is 0 Å². The average Bonchev–Trinajstić information content (AvgIpc) is 2.87. The average molecular weight is 266 g/mol. The number of hydrogen-bond donors (Lipinski definition) is 1. The van der Waals surface area contributed by atoms with E-state index in [9.17, 15) is 9.59 Å². The second kappa shape index (κ2) is 5.42. The van der Waals surface area contributed by atoms with Crippen molar-refractivity contribution in [2.75, 3.05) is 13.1 Å². The molecule has 2 rings (SSSR count). The fourth-order valence-corrected chi connectivity index (χ4v) is 2.15. The van der Waals surface area contributed by atoms with E-state index < -0.39 is 5.97 Å². The third kappa shape index (κ3) is 2.94. The molecular formula is C13H18N2O4. The number of hydrogen-bond acceptors (Lipinski definition) is 4. The number of amides is 1. The molecule has 1 amide bonds. The van der Waals surface area contributed by atoms with Crippen LogP contribution in [0.3, 0.4) is 0 Å². The maximum Gasteiger partial charge on any atom is 0.306 e. The van der Waals surface area contributed by atoms with Gasteiger partial charge in [-0.25, -0.2) is 0 Å². The van der Waals surface area contributed by atoms with Gasteiger partial charge in [0.1, 0.15) is 5.76 Å². The molecule has 2 heterocycles. The first-order valence-corrected chi connectivity index (χ1v) is 6.47. The van der Waals surface area contributed by atoms with Crippen molar-refractivity contribution in [2.45, 2.75) is 32.6 Å². The summed E-state index contributed by atoms with van der Waals surface area (Å²) < 4.78 is 5.11. The lowest BCUT2D eigenvalue weighted by atomic mass is 9.97. The molecule has 19 heavy (non-hydrogen) atoms. The highest BCUT2D eigenvalue weighted by Gasteiger charge is 2.28. The summed E-state index contributed by atoms with van der Waals surface area (Å²) in [6, 6.07) is 1.66. The topological polar surface area (TPSA) is 83.6 Å². The van der Waals surface area contributed by atoms with Crippen LogP contribution in [-0.2, 0) is 4.79 Å². The van der Waals surface area contributed by atoms with Crippen molar-refractivity contribution >= 4 is 11.9 Å². The SMILES string of the molecule is CC(C)c1cc(C(=O)N2CCC(C(=O)O)CC2)no1. The van der Waals surface area contributed by atoms with Gasteiger partial charge >= 0.3 is 5.97 Å². The number of carbonyl (C=O) groups is 2. The van der Waals surface area contributed by atoms with E-state index in [4.69, 9.17) is 9.63 Å². The highest BCUT2D eigenvalue weighted by molar-refractivity contribution is 5.92. The fourth-order valence-electron chi connectivity index (χ4n) is 2.15. The van der Waals surface area contributed by atoms with E-state index in [-0.39, 0.29) is 17.7 Å². The van der Waals surface area contributed by atoms with Crippen LogP contribution in [0.2, 0.25) is 0 Å². The molecule has 1 aromatic heterocycles. The molecule has 0 spiro atoms. The lowest BCUT2D eigenvalue weighted by molar-refractivity contribution is -0.143. The Morgan fingerprint density at radius 3 is 2.53 bits per heavy atom. The molecule has 1 aromatic rings. The standard InChI is InChI=1S/C13H18N2O4/c1-8(2)11-7-10(14-19-11)12(16)15-5-3-9(4-6-15)13(17)18/h7-9H,3-6H2,1-2H3,(H,17,18). The largest absolute Gasteiger partial charge is 0.481 e. The first kappa shape index (κ1) is 13.6. The molecule has 0 atom stereocenters. The summed E-state index contributed by atoms with van der Waals surface area (Å²) in [4.78, 5) is 24.7. The predicted molar refractivity (Wildman–Crippen MR) is 66.9 cm³/mol. The summed E-state index contributed by atoms with van der Waals surface area (Å²) in [7, 11) is 0. The number of carboxylic acids is 1. The normalized spacial score (nSPS) is 16.9. The second-order valence-electron chi connectivity index (χ2n) is 5.17. The molecule has 1 aliphatic heterocycles. The number of likely N-dealkylation sites (tertiary alicyclic amines) is 1. The Balaban J connectivity index is 1.99. The van der Waals surface area contributed by atoms with Gasteiger partial charge in [0.2, 0.25) is 0 Å². The van der Waals surface area contributed by atoms with Gasteiger partial charge in [0.15, 0.2) is 5.69 Å². The van der Waals surface area contributed by atoms with Gasteiger partial charge in [-0.05, 0) is 12.8 Å². The third-order valence-electron chi connectivity index (χ3n) is 3.45. The molecule has 1 N–H and O–H groups in total. The summed E-state index contributed by atoms with van der Waals surface area (Å²) >= 11 is 0. The summed E-state index contributed by atoms with van der Waals surface area (Å²) in [5, 5.41) is 12.7. The predicted octanol–water partition coefficient (Wildman–Crippen LogP) is 1.73. The molecule has 0 unspecified atom stereocenters. The van der Waals surface area contributed by atoms with Gasteiger partial charge in [-0.2, -0.15) is 0 Å². The molecule has 104 valence electrons. The van der Waals surface area contributed by atoms with Crippen LogP contribution in [0.5, 0.6) is 0 Å². The highest BCUT2D eigenvalue weighted by atomic mass is 16.5. The zero-order valence-electron chi connectivity index (χ0n) is 11.1. The lowest BCUT2D eigenvalue weighted by Crippen LogP contribution is -2.40. The van der Waals surface area contributed by atoms with Crippen molar-refractivity contribution in [3.63, 3.8) is 0 Å². The number of nitrogens with zero attached hydrogens (tertiary/aromatic N) is 2. The number of piperidine rings is 1. The molecule has 0 aromatic carbocycles. The van der Waals surface area contributed by atoms with Gasteiger partial charge in [-0.1, -0.05) is 19.0 Å². The van der Waals surface area contributed by atoms with Crippen molar-refractivity contribution < 1.29 is 19.2 Å². The Hall–Kier alpha value is -1.85. The van der Waals surface area contributed by atoms with Crippen molar-refractivity contribution in [3.05, 3.63) is 17.5 Å². The molecule has 1 fully saturated rings. The number of carbonyl (C=O) groups excluding carboxylic acids is 1. The van der Waals surface area contributed by atoms with Crippen molar-refractivity contribution in [2.24, 2.45) is 5.92 Å². The fraction of sp³-hybridized carbons (Fsp3) is 0.615. The van der Waals surface area contributed by atoms with Gasteiger partial charge in [0.25, 0.3) is 5.91 Å². The van der Waals surface area contributed by atoms with E-state index in [1.807, 2.05) is 13.8 Å². The Kier molecular flexibility index (Phi) is 3.87. The monoisotopic (exact) mass is 266 g/mol. The highest BCUT2D eigenvalue weighted by Crippen LogP contribution is 2.20. The Labute approximate surface area is 111 Å².